The maximum absolute atomic E-state index is 5.36. The van der Waals surface area contributed by atoms with Gasteiger partial charge in [-0.25, -0.2) is 15.0 Å². The predicted octanol–water partition coefficient (Wildman–Crippen LogP) is 4.99. The first kappa shape index (κ1) is 20.4. The summed E-state index contributed by atoms with van der Waals surface area (Å²) >= 11 is 3.41. The molecular weight excluding hydrogens is 426 g/mol. The third-order valence-electron chi connectivity index (χ3n) is 5.49. The Kier molecular flexibility index (Phi) is 5.85. The van der Waals surface area contributed by atoms with Gasteiger partial charge in [-0.3, -0.25) is 0 Å². The minimum absolute atomic E-state index is 0.417. The minimum Gasteiger partial charge on any atom is -0.377 e. The standard InChI is InChI=1S/C23H25N5OS2/c1-16-14-31-23(24-16)28-10-6-9-27(11-12-28)21-20-18(17-7-4-3-5-8-17)15-30-22(20)26-19(25-21)13-29-2/h3-5,7-8,14-15H,6,9-13H2,1-2H3. The highest BCUT2D eigenvalue weighted by atomic mass is 32.1. The molecule has 0 spiro atoms. The lowest BCUT2D eigenvalue weighted by atomic mass is 10.1. The van der Waals surface area contributed by atoms with Crippen molar-refractivity contribution in [3.63, 3.8) is 0 Å². The third kappa shape index (κ3) is 4.15. The van der Waals surface area contributed by atoms with E-state index >= 15 is 0 Å². The molecule has 8 heteroatoms. The zero-order valence-electron chi connectivity index (χ0n) is 17.7. The van der Waals surface area contributed by atoms with Crippen molar-refractivity contribution >= 4 is 43.8 Å². The molecule has 1 aliphatic heterocycles. The van der Waals surface area contributed by atoms with Crippen LogP contribution in [0.1, 0.15) is 17.9 Å². The van der Waals surface area contributed by atoms with Gasteiger partial charge in [0, 0.05) is 49.6 Å². The van der Waals surface area contributed by atoms with E-state index in [4.69, 9.17) is 19.7 Å². The van der Waals surface area contributed by atoms with E-state index in [2.05, 4.69) is 57.8 Å². The van der Waals surface area contributed by atoms with Crippen molar-refractivity contribution in [3.05, 3.63) is 52.6 Å². The van der Waals surface area contributed by atoms with E-state index in [1.54, 1.807) is 29.8 Å². The summed E-state index contributed by atoms with van der Waals surface area (Å²) in [4.78, 5) is 20.3. The number of thiazole rings is 1. The summed E-state index contributed by atoms with van der Waals surface area (Å²) in [7, 11) is 1.69. The van der Waals surface area contributed by atoms with Crippen LogP contribution in [0.15, 0.2) is 41.1 Å². The van der Waals surface area contributed by atoms with Crippen LogP contribution in [-0.4, -0.2) is 48.2 Å². The Labute approximate surface area is 190 Å². The summed E-state index contributed by atoms with van der Waals surface area (Å²) in [5, 5.41) is 6.60. The zero-order chi connectivity index (χ0) is 21.2. The fourth-order valence-electron chi connectivity index (χ4n) is 4.03. The number of anilines is 2. The molecule has 1 fully saturated rings. The topological polar surface area (TPSA) is 54.4 Å². The first-order chi connectivity index (χ1) is 15.2. The molecule has 0 unspecified atom stereocenters. The van der Waals surface area contributed by atoms with Gasteiger partial charge in [0.1, 0.15) is 17.3 Å². The van der Waals surface area contributed by atoms with Gasteiger partial charge in [-0.2, -0.15) is 0 Å². The molecule has 31 heavy (non-hydrogen) atoms. The van der Waals surface area contributed by atoms with Crippen LogP contribution in [0, 0.1) is 6.92 Å². The van der Waals surface area contributed by atoms with Crippen LogP contribution in [0.25, 0.3) is 21.3 Å². The van der Waals surface area contributed by atoms with E-state index in [0.717, 1.165) is 65.3 Å². The largest absolute Gasteiger partial charge is 0.377 e. The van der Waals surface area contributed by atoms with Crippen LogP contribution >= 0.6 is 22.7 Å². The minimum atomic E-state index is 0.417. The predicted molar refractivity (Wildman–Crippen MR) is 129 cm³/mol. The Bertz CT molecular complexity index is 1170. The van der Waals surface area contributed by atoms with Gasteiger partial charge < -0.3 is 14.5 Å². The normalized spacial score (nSPS) is 14.9. The van der Waals surface area contributed by atoms with Crippen LogP contribution in [0.2, 0.25) is 0 Å². The van der Waals surface area contributed by atoms with Gasteiger partial charge in [0.15, 0.2) is 11.0 Å². The van der Waals surface area contributed by atoms with Crippen LogP contribution in [0.5, 0.6) is 0 Å². The monoisotopic (exact) mass is 451 g/mol. The molecule has 160 valence electrons. The van der Waals surface area contributed by atoms with Gasteiger partial charge in [-0.15, -0.1) is 22.7 Å². The van der Waals surface area contributed by atoms with Crippen molar-refractivity contribution in [1.82, 2.24) is 15.0 Å². The summed E-state index contributed by atoms with van der Waals surface area (Å²) < 4.78 is 5.36. The second-order valence-corrected chi connectivity index (χ2v) is 9.39. The van der Waals surface area contributed by atoms with Crippen molar-refractivity contribution in [2.24, 2.45) is 0 Å². The number of nitrogens with zero attached hydrogens (tertiary/aromatic N) is 5. The van der Waals surface area contributed by atoms with E-state index in [0.29, 0.717) is 6.61 Å². The molecule has 1 saturated heterocycles. The average Bonchev–Trinajstić information content (AvgIpc) is 3.33. The molecule has 4 heterocycles. The average molecular weight is 452 g/mol. The number of aryl methyl sites for hydroxylation is 1. The number of benzene rings is 1. The lowest BCUT2D eigenvalue weighted by molar-refractivity contribution is 0.178. The van der Waals surface area contributed by atoms with E-state index < -0.39 is 0 Å². The van der Waals surface area contributed by atoms with Crippen LogP contribution in [-0.2, 0) is 11.3 Å². The highest BCUT2D eigenvalue weighted by Gasteiger charge is 2.23. The number of fused-ring (bicyclic) bond motifs is 1. The number of methoxy groups -OCH3 is 1. The summed E-state index contributed by atoms with van der Waals surface area (Å²) in [5.74, 6) is 1.76. The lowest BCUT2D eigenvalue weighted by Gasteiger charge is -2.24. The van der Waals surface area contributed by atoms with Crippen LogP contribution in [0.3, 0.4) is 0 Å². The molecule has 0 N–H and O–H groups in total. The Morgan fingerprint density at radius 1 is 0.935 bits per heavy atom. The Morgan fingerprint density at radius 2 is 1.74 bits per heavy atom. The molecule has 0 atom stereocenters. The molecule has 5 rings (SSSR count). The van der Waals surface area contributed by atoms with E-state index in [-0.39, 0.29) is 0 Å². The summed E-state index contributed by atoms with van der Waals surface area (Å²) in [5.41, 5.74) is 3.50. The van der Waals surface area contributed by atoms with Crippen molar-refractivity contribution in [3.8, 4) is 11.1 Å². The number of rotatable bonds is 5. The first-order valence-electron chi connectivity index (χ1n) is 10.5. The van der Waals surface area contributed by atoms with Crippen LogP contribution in [0.4, 0.5) is 10.9 Å². The highest BCUT2D eigenvalue weighted by molar-refractivity contribution is 7.17. The molecule has 0 saturated carbocycles. The Balaban J connectivity index is 1.53. The Morgan fingerprint density at radius 3 is 2.52 bits per heavy atom. The smallest absolute Gasteiger partial charge is 0.185 e. The van der Waals surface area contributed by atoms with Crippen molar-refractivity contribution in [2.75, 3.05) is 43.1 Å². The summed E-state index contributed by atoms with van der Waals surface area (Å²) in [6, 6.07) is 10.5. The van der Waals surface area contributed by atoms with Gasteiger partial charge >= 0.3 is 0 Å². The Hall–Kier alpha value is -2.55. The van der Waals surface area contributed by atoms with E-state index in [1.165, 1.54) is 11.1 Å². The molecule has 1 aromatic carbocycles. The fraction of sp³-hybridized carbons (Fsp3) is 0.348. The SMILES string of the molecule is COCc1nc(N2CCCN(c3nc(C)cs3)CC2)c2c(-c3ccccc3)csc2n1. The van der Waals surface area contributed by atoms with Crippen molar-refractivity contribution < 1.29 is 4.74 Å². The van der Waals surface area contributed by atoms with Gasteiger partial charge in [0.05, 0.1) is 11.1 Å². The molecule has 0 aliphatic carbocycles. The van der Waals surface area contributed by atoms with Crippen molar-refractivity contribution in [2.45, 2.75) is 20.0 Å². The molecule has 3 aromatic heterocycles. The number of thiophene rings is 1. The number of aromatic nitrogens is 3. The lowest BCUT2D eigenvalue weighted by Crippen LogP contribution is -2.31. The molecule has 4 aromatic rings. The van der Waals surface area contributed by atoms with Gasteiger partial charge in [-0.1, -0.05) is 30.3 Å². The molecule has 0 bridgehead atoms. The summed E-state index contributed by atoms with van der Waals surface area (Å²) in [6.07, 6.45) is 1.06. The number of hydrogen-bond donors (Lipinski definition) is 0. The maximum Gasteiger partial charge on any atom is 0.185 e. The number of hydrogen-bond acceptors (Lipinski definition) is 8. The van der Waals surface area contributed by atoms with Gasteiger partial charge in [-0.05, 0) is 18.9 Å². The van der Waals surface area contributed by atoms with E-state index in [9.17, 15) is 0 Å². The molecular formula is C23H25N5OS2. The van der Waals surface area contributed by atoms with Gasteiger partial charge in [0.2, 0.25) is 0 Å². The third-order valence-corrected chi connectivity index (χ3v) is 7.38. The second kappa shape index (κ2) is 8.90. The zero-order valence-corrected chi connectivity index (χ0v) is 19.4. The van der Waals surface area contributed by atoms with Gasteiger partial charge in [0.25, 0.3) is 0 Å². The highest BCUT2D eigenvalue weighted by Crippen LogP contribution is 2.38. The van der Waals surface area contributed by atoms with E-state index in [1.807, 2.05) is 0 Å². The number of ether oxygens (including phenoxy) is 1. The fourth-order valence-corrected chi connectivity index (χ4v) is 5.84. The maximum atomic E-state index is 5.36. The second-order valence-electron chi connectivity index (χ2n) is 7.69. The van der Waals surface area contributed by atoms with Crippen LogP contribution < -0.4 is 9.80 Å². The molecule has 0 amide bonds. The quantitative estimate of drug-likeness (QED) is 0.426. The summed E-state index contributed by atoms with van der Waals surface area (Å²) in [6.45, 7) is 6.28. The molecule has 1 aliphatic rings. The first-order valence-corrected chi connectivity index (χ1v) is 12.2. The molecule has 6 nitrogen and oxygen atoms in total. The van der Waals surface area contributed by atoms with Crippen molar-refractivity contribution in [1.29, 1.82) is 0 Å². The molecule has 0 radical (unpaired) electrons.